The number of esters is 6. The number of carbonyl (C=O) groups is 6. The third kappa shape index (κ3) is 6.99. The first kappa shape index (κ1) is 39.6. The normalized spacial score (nSPS) is 39.5. The van der Waals surface area contributed by atoms with Crippen molar-refractivity contribution in [1.29, 1.82) is 0 Å². The summed E-state index contributed by atoms with van der Waals surface area (Å²) in [5.41, 5.74) is -5.57. The maximum atomic E-state index is 13.5. The molecular weight excluding hydrogens is 680 g/mol. The molecule has 4 aliphatic rings. The van der Waals surface area contributed by atoms with Crippen molar-refractivity contribution in [3.8, 4) is 0 Å². The predicted molar refractivity (Wildman–Crippen MR) is 173 cm³/mol. The van der Waals surface area contributed by atoms with Crippen LogP contribution in [0.1, 0.15) is 81.6 Å². The van der Waals surface area contributed by atoms with E-state index in [1.165, 1.54) is 6.92 Å². The fourth-order valence-corrected chi connectivity index (χ4v) is 8.31. The standard InChI is InChI=1S/C35H49ClO14/c1-15(2)13-23(40)49-25-28(45-19(7)37)33(10)22(48-31(41)16(3)4)12-11-17(5)24(36)27-35(43,18(6)32(42)50-27)30(47-21(9)39)26(33)34(14-44-34)29(25)46-20(8)38/h15-16,18,22,24-30,43H,5,11-14H2,1-4,6-10H3. The van der Waals surface area contributed by atoms with Crippen LogP contribution < -0.4 is 0 Å². The summed E-state index contributed by atoms with van der Waals surface area (Å²) in [5, 5.41) is 11.7. The Kier molecular flexibility index (Phi) is 11.4. The molecule has 280 valence electrons. The zero-order chi connectivity index (χ0) is 37.7. The molecule has 2 saturated heterocycles. The highest BCUT2D eigenvalue weighted by Gasteiger charge is 2.81. The van der Waals surface area contributed by atoms with Crippen molar-refractivity contribution >= 4 is 47.4 Å². The van der Waals surface area contributed by atoms with Crippen LogP contribution in [0.4, 0.5) is 0 Å². The van der Waals surface area contributed by atoms with Gasteiger partial charge in [0.15, 0.2) is 30.0 Å². The van der Waals surface area contributed by atoms with E-state index in [4.69, 9.17) is 44.8 Å². The molecule has 0 radical (unpaired) electrons. The van der Waals surface area contributed by atoms with E-state index in [0.717, 1.165) is 20.8 Å². The van der Waals surface area contributed by atoms with Crippen LogP contribution in [-0.2, 0) is 61.9 Å². The molecule has 0 aromatic carbocycles. The molecule has 15 heteroatoms. The van der Waals surface area contributed by atoms with E-state index in [2.05, 4.69) is 6.58 Å². The lowest BCUT2D eigenvalue weighted by Crippen LogP contribution is -2.76. The summed E-state index contributed by atoms with van der Waals surface area (Å²) in [4.78, 5) is 79.0. The Balaban J connectivity index is 2.14. The molecule has 0 bridgehead atoms. The number of ether oxygens (including phenoxy) is 7. The first-order valence-corrected chi connectivity index (χ1v) is 17.4. The molecule has 14 nitrogen and oxygen atoms in total. The van der Waals surface area contributed by atoms with Gasteiger partial charge in [0, 0.05) is 33.1 Å². The van der Waals surface area contributed by atoms with Gasteiger partial charge in [0.1, 0.15) is 17.8 Å². The van der Waals surface area contributed by atoms with Gasteiger partial charge in [-0.3, -0.25) is 28.8 Å². The number of epoxide rings is 1. The molecule has 2 saturated carbocycles. The third-order valence-corrected chi connectivity index (χ3v) is 10.9. The van der Waals surface area contributed by atoms with E-state index >= 15 is 0 Å². The first-order chi connectivity index (χ1) is 23.1. The number of alkyl halides is 1. The van der Waals surface area contributed by atoms with Crippen LogP contribution in [0, 0.1) is 29.1 Å². The Morgan fingerprint density at radius 2 is 1.48 bits per heavy atom. The second kappa shape index (κ2) is 14.4. The summed E-state index contributed by atoms with van der Waals surface area (Å²) in [6, 6.07) is 0. The number of carbonyl (C=O) groups excluding carboxylic acids is 6. The predicted octanol–water partition coefficient (Wildman–Crippen LogP) is 2.96. The summed E-state index contributed by atoms with van der Waals surface area (Å²) in [6.07, 6.45) is -9.12. The van der Waals surface area contributed by atoms with Gasteiger partial charge in [-0.15, -0.1) is 11.6 Å². The second-order valence-electron chi connectivity index (χ2n) is 14.9. The fraction of sp³-hybridized carbons (Fsp3) is 0.771. The molecule has 2 heterocycles. The lowest BCUT2D eigenvalue weighted by atomic mass is 9.51. The quantitative estimate of drug-likeness (QED) is 0.126. The van der Waals surface area contributed by atoms with Gasteiger partial charge < -0.3 is 38.3 Å². The lowest BCUT2D eigenvalue weighted by Gasteiger charge is -2.60. The van der Waals surface area contributed by atoms with Crippen LogP contribution in [-0.4, -0.2) is 101 Å². The van der Waals surface area contributed by atoms with Crippen molar-refractivity contribution in [2.75, 3.05) is 6.61 Å². The summed E-state index contributed by atoms with van der Waals surface area (Å²) in [5.74, 6) is -8.25. The van der Waals surface area contributed by atoms with Crippen molar-refractivity contribution in [2.45, 2.75) is 135 Å². The summed E-state index contributed by atoms with van der Waals surface area (Å²) in [6.45, 7) is 17.0. The van der Waals surface area contributed by atoms with Gasteiger partial charge in [-0.05, 0) is 25.7 Å². The Bertz CT molecular complexity index is 1410. The Morgan fingerprint density at radius 1 is 0.940 bits per heavy atom. The molecule has 1 N–H and O–H groups in total. The monoisotopic (exact) mass is 728 g/mol. The van der Waals surface area contributed by atoms with Gasteiger partial charge in [-0.1, -0.05) is 46.8 Å². The molecule has 2 aliphatic carbocycles. The van der Waals surface area contributed by atoms with Crippen LogP contribution in [0.25, 0.3) is 0 Å². The molecule has 1 spiro atoms. The molecule has 0 aromatic rings. The van der Waals surface area contributed by atoms with Crippen molar-refractivity contribution in [2.24, 2.45) is 29.1 Å². The van der Waals surface area contributed by atoms with Gasteiger partial charge in [0.2, 0.25) is 0 Å². The zero-order valence-corrected chi connectivity index (χ0v) is 30.8. The van der Waals surface area contributed by atoms with Crippen LogP contribution in [0.2, 0.25) is 0 Å². The molecule has 0 amide bonds. The number of fused-ring (bicyclic) bond motifs is 3. The number of aliphatic hydroxyl groups is 1. The fourth-order valence-electron chi connectivity index (χ4n) is 7.95. The Morgan fingerprint density at radius 3 is 1.98 bits per heavy atom. The van der Waals surface area contributed by atoms with E-state index < -0.39 is 112 Å². The highest BCUT2D eigenvalue weighted by molar-refractivity contribution is 6.23. The summed E-state index contributed by atoms with van der Waals surface area (Å²) < 4.78 is 42.0. The van der Waals surface area contributed by atoms with E-state index in [1.54, 1.807) is 34.6 Å². The smallest absolute Gasteiger partial charge is 0.312 e. The minimum atomic E-state index is -2.39. The zero-order valence-electron chi connectivity index (χ0n) is 30.0. The van der Waals surface area contributed by atoms with Gasteiger partial charge in [-0.25, -0.2) is 0 Å². The number of hydrogen-bond donors (Lipinski definition) is 1. The minimum Gasteiger partial charge on any atom is -0.461 e. The maximum Gasteiger partial charge on any atom is 0.312 e. The van der Waals surface area contributed by atoms with Crippen molar-refractivity contribution in [3.05, 3.63) is 12.2 Å². The van der Waals surface area contributed by atoms with Gasteiger partial charge in [0.05, 0.1) is 29.2 Å². The Labute approximate surface area is 296 Å². The van der Waals surface area contributed by atoms with Crippen LogP contribution >= 0.6 is 11.6 Å². The second-order valence-corrected chi connectivity index (χ2v) is 15.3. The van der Waals surface area contributed by atoms with Crippen molar-refractivity contribution in [3.63, 3.8) is 0 Å². The van der Waals surface area contributed by atoms with Crippen molar-refractivity contribution in [1.82, 2.24) is 0 Å². The highest BCUT2D eigenvalue weighted by atomic mass is 35.5. The topological polar surface area (TPSA) is 191 Å². The third-order valence-electron chi connectivity index (χ3n) is 10.4. The maximum absolute atomic E-state index is 13.5. The summed E-state index contributed by atoms with van der Waals surface area (Å²) in [7, 11) is 0. The molecule has 2 aliphatic heterocycles. The average Bonchev–Trinajstić information content (AvgIpc) is 3.75. The van der Waals surface area contributed by atoms with Crippen LogP contribution in [0.5, 0.6) is 0 Å². The first-order valence-electron chi connectivity index (χ1n) is 16.9. The molecular formula is C35H49ClO14. The van der Waals surface area contributed by atoms with E-state index in [9.17, 15) is 33.9 Å². The lowest BCUT2D eigenvalue weighted by molar-refractivity contribution is -0.286. The van der Waals surface area contributed by atoms with Crippen LogP contribution in [0.3, 0.4) is 0 Å². The van der Waals surface area contributed by atoms with Gasteiger partial charge in [-0.2, -0.15) is 0 Å². The largest absolute Gasteiger partial charge is 0.461 e. The van der Waals surface area contributed by atoms with E-state index in [0.29, 0.717) is 5.57 Å². The van der Waals surface area contributed by atoms with E-state index in [-0.39, 0.29) is 31.8 Å². The molecule has 0 aromatic heterocycles. The molecule has 12 unspecified atom stereocenters. The van der Waals surface area contributed by atoms with Gasteiger partial charge in [0.25, 0.3) is 0 Å². The molecule has 12 atom stereocenters. The highest BCUT2D eigenvalue weighted by Crippen LogP contribution is 2.64. The molecule has 4 fully saturated rings. The number of halogens is 1. The average molecular weight is 729 g/mol. The van der Waals surface area contributed by atoms with E-state index in [1.807, 2.05) is 0 Å². The number of rotatable bonds is 8. The van der Waals surface area contributed by atoms with Gasteiger partial charge >= 0.3 is 35.8 Å². The Hall–Kier alpha value is -3.23. The SMILES string of the molecule is C=C1CCC(OC(=O)C(C)C)C2(C)C(OC(C)=O)C(OC(=O)CC(C)C)C(OC(C)=O)C3(CO3)C2C(OC(C)=O)C2(O)C(C)C(=O)OC2C1Cl. The number of hydrogen-bond acceptors (Lipinski definition) is 14. The van der Waals surface area contributed by atoms with Crippen molar-refractivity contribution < 1.29 is 67.0 Å². The molecule has 50 heavy (non-hydrogen) atoms. The van der Waals surface area contributed by atoms with Crippen LogP contribution in [0.15, 0.2) is 12.2 Å². The summed E-state index contributed by atoms with van der Waals surface area (Å²) >= 11 is 6.90. The minimum absolute atomic E-state index is 0.00626. The molecule has 4 rings (SSSR count).